The molecule has 104 valence electrons. The average molecular weight is 261 g/mol. The molecule has 2 N–H and O–H groups in total. The van der Waals surface area contributed by atoms with Crippen molar-refractivity contribution in [2.75, 3.05) is 18.0 Å². The number of amides is 2. The number of carbonyl (C=O) groups excluding carboxylic acids is 1. The summed E-state index contributed by atoms with van der Waals surface area (Å²) < 4.78 is 0. The molecule has 0 fully saturated rings. The molecule has 19 heavy (non-hydrogen) atoms. The minimum atomic E-state index is 0.0106. The van der Waals surface area contributed by atoms with Gasteiger partial charge >= 0.3 is 6.03 Å². The third kappa shape index (κ3) is 3.47. The molecule has 0 bridgehead atoms. The molecule has 1 unspecified atom stereocenters. The third-order valence-corrected chi connectivity index (χ3v) is 3.43. The summed E-state index contributed by atoms with van der Waals surface area (Å²) in [4.78, 5) is 14.2. The van der Waals surface area contributed by atoms with Crippen LogP contribution in [-0.4, -0.2) is 25.2 Å². The number of fused-ring (bicyclic) bond motifs is 1. The van der Waals surface area contributed by atoms with Gasteiger partial charge in [-0.2, -0.15) is 0 Å². The molecule has 4 nitrogen and oxygen atoms in total. The molecule has 1 aliphatic heterocycles. The Labute approximate surface area is 115 Å². The highest BCUT2D eigenvalue weighted by atomic mass is 16.2. The smallest absolute Gasteiger partial charge is 0.321 e. The Morgan fingerprint density at radius 1 is 1.47 bits per heavy atom. The highest BCUT2D eigenvalue weighted by Crippen LogP contribution is 2.23. The SMILES string of the molecule is CCCCNC(=O)N1CC(C)NCc2ccccc21. The van der Waals surface area contributed by atoms with Gasteiger partial charge in [0.05, 0.1) is 0 Å². The summed E-state index contributed by atoms with van der Waals surface area (Å²) in [6.07, 6.45) is 2.11. The Balaban J connectivity index is 2.15. The molecule has 0 spiro atoms. The van der Waals surface area contributed by atoms with Crippen LogP contribution >= 0.6 is 0 Å². The second kappa shape index (κ2) is 6.57. The number of para-hydroxylation sites is 1. The van der Waals surface area contributed by atoms with Crippen LogP contribution in [0.3, 0.4) is 0 Å². The minimum absolute atomic E-state index is 0.0106. The lowest BCUT2D eigenvalue weighted by molar-refractivity contribution is 0.245. The van der Waals surface area contributed by atoms with Gasteiger partial charge in [-0.15, -0.1) is 0 Å². The van der Waals surface area contributed by atoms with E-state index in [9.17, 15) is 4.79 Å². The Hall–Kier alpha value is -1.55. The summed E-state index contributed by atoms with van der Waals surface area (Å²) in [7, 11) is 0. The van der Waals surface area contributed by atoms with Gasteiger partial charge in [-0.1, -0.05) is 31.5 Å². The number of hydrogen-bond acceptors (Lipinski definition) is 2. The monoisotopic (exact) mass is 261 g/mol. The number of nitrogens with one attached hydrogen (secondary N) is 2. The lowest BCUT2D eigenvalue weighted by atomic mass is 10.1. The van der Waals surface area contributed by atoms with Crippen molar-refractivity contribution in [2.45, 2.75) is 39.3 Å². The topological polar surface area (TPSA) is 44.4 Å². The number of benzene rings is 1. The maximum absolute atomic E-state index is 12.3. The predicted octanol–water partition coefficient (Wildman–Crippen LogP) is 2.49. The fraction of sp³-hybridized carbons (Fsp3) is 0.533. The molecule has 0 aliphatic carbocycles. The molecule has 0 radical (unpaired) electrons. The quantitative estimate of drug-likeness (QED) is 0.821. The van der Waals surface area contributed by atoms with Crippen LogP contribution in [0.15, 0.2) is 24.3 Å². The van der Waals surface area contributed by atoms with E-state index in [0.717, 1.165) is 31.6 Å². The summed E-state index contributed by atoms with van der Waals surface area (Å²) >= 11 is 0. The number of hydrogen-bond donors (Lipinski definition) is 2. The van der Waals surface area contributed by atoms with Crippen LogP contribution in [0.1, 0.15) is 32.3 Å². The van der Waals surface area contributed by atoms with Gasteiger partial charge in [0.15, 0.2) is 0 Å². The first-order chi connectivity index (χ1) is 9.22. The zero-order valence-corrected chi connectivity index (χ0v) is 11.8. The highest BCUT2D eigenvalue weighted by molar-refractivity contribution is 5.93. The van der Waals surface area contributed by atoms with Gasteiger partial charge in [0.25, 0.3) is 0 Å². The Morgan fingerprint density at radius 3 is 3.05 bits per heavy atom. The Bertz CT molecular complexity index is 433. The van der Waals surface area contributed by atoms with Crippen molar-refractivity contribution in [2.24, 2.45) is 0 Å². The number of rotatable bonds is 3. The zero-order chi connectivity index (χ0) is 13.7. The van der Waals surface area contributed by atoms with Gasteiger partial charge in [0, 0.05) is 31.4 Å². The molecular weight excluding hydrogens is 238 g/mol. The number of carbonyl (C=O) groups is 1. The zero-order valence-electron chi connectivity index (χ0n) is 11.8. The number of nitrogens with zero attached hydrogens (tertiary/aromatic N) is 1. The maximum atomic E-state index is 12.3. The molecule has 1 aromatic carbocycles. The number of anilines is 1. The summed E-state index contributed by atoms with van der Waals surface area (Å²) in [6, 6.07) is 8.41. The van der Waals surface area contributed by atoms with Crippen molar-refractivity contribution in [3.8, 4) is 0 Å². The van der Waals surface area contributed by atoms with Crippen molar-refractivity contribution in [3.63, 3.8) is 0 Å². The van der Waals surface area contributed by atoms with Crippen LogP contribution in [0.4, 0.5) is 10.5 Å². The first-order valence-corrected chi connectivity index (χ1v) is 7.09. The molecular formula is C15H23N3O. The average Bonchev–Trinajstić information content (AvgIpc) is 2.59. The van der Waals surface area contributed by atoms with E-state index in [1.807, 2.05) is 23.1 Å². The van der Waals surface area contributed by atoms with Crippen LogP contribution < -0.4 is 15.5 Å². The molecule has 2 amide bonds. The van der Waals surface area contributed by atoms with Crippen LogP contribution in [-0.2, 0) is 6.54 Å². The maximum Gasteiger partial charge on any atom is 0.321 e. The van der Waals surface area contributed by atoms with Crippen molar-refractivity contribution < 1.29 is 4.79 Å². The normalized spacial score (nSPS) is 18.6. The first-order valence-electron chi connectivity index (χ1n) is 7.09. The van der Waals surface area contributed by atoms with E-state index in [1.165, 1.54) is 5.56 Å². The van der Waals surface area contributed by atoms with E-state index in [4.69, 9.17) is 0 Å². The fourth-order valence-electron chi connectivity index (χ4n) is 2.30. The van der Waals surface area contributed by atoms with Crippen LogP contribution in [0.2, 0.25) is 0 Å². The third-order valence-electron chi connectivity index (χ3n) is 3.43. The summed E-state index contributed by atoms with van der Waals surface area (Å²) in [5.74, 6) is 0. The number of urea groups is 1. The van der Waals surface area contributed by atoms with Gasteiger partial charge in [-0.05, 0) is 25.0 Å². The molecule has 1 heterocycles. The van der Waals surface area contributed by atoms with Crippen molar-refractivity contribution in [1.82, 2.24) is 10.6 Å². The largest absolute Gasteiger partial charge is 0.338 e. The molecule has 4 heteroatoms. The molecule has 2 rings (SSSR count). The van der Waals surface area contributed by atoms with Crippen molar-refractivity contribution >= 4 is 11.7 Å². The summed E-state index contributed by atoms with van der Waals surface area (Å²) in [6.45, 7) is 6.50. The predicted molar refractivity (Wildman–Crippen MR) is 78.4 cm³/mol. The van der Waals surface area contributed by atoms with E-state index in [1.54, 1.807) is 0 Å². The molecule has 0 saturated carbocycles. The fourth-order valence-corrected chi connectivity index (χ4v) is 2.30. The molecule has 1 aliphatic rings. The Kier molecular flexibility index (Phi) is 4.80. The van der Waals surface area contributed by atoms with Gasteiger partial charge in [0.1, 0.15) is 0 Å². The van der Waals surface area contributed by atoms with E-state index >= 15 is 0 Å². The summed E-state index contributed by atoms with van der Waals surface area (Å²) in [5, 5.41) is 6.43. The van der Waals surface area contributed by atoms with E-state index < -0.39 is 0 Å². The lowest BCUT2D eigenvalue weighted by Crippen LogP contribution is -2.45. The second-order valence-corrected chi connectivity index (χ2v) is 5.11. The van der Waals surface area contributed by atoms with Crippen LogP contribution in [0.25, 0.3) is 0 Å². The standard InChI is InChI=1S/C15H23N3O/c1-3-4-9-16-15(19)18-11-12(2)17-10-13-7-5-6-8-14(13)18/h5-8,12,17H,3-4,9-11H2,1-2H3,(H,16,19). The molecule has 1 aromatic rings. The van der Waals surface area contributed by atoms with E-state index in [2.05, 4.69) is 30.5 Å². The van der Waals surface area contributed by atoms with Gasteiger partial charge in [0.2, 0.25) is 0 Å². The highest BCUT2D eigenvalue weighted by Gasteiger charge is 2.23. The van der Waals surface area contributed by atoms with Gasteiger partial charge < -0.3 is 10.6 Å². The second-order valence-electron chi connectivity index (χ2n) is 5.11. The first kappa shape index (κ1) is 13.9. The van der Waals surface area contributed by atoms with Crippen LogP contribution in [0, 0.1) is 0 Å². The van der Waals surface area contributed by atoms with E-state index in [0.29, 0.717) is 12.6 Å². The molecule has 0 aromatic heterocycles. The van der Waals surface area contributed by atoms with Crippen LogP contribution in [0.5, 0.6) is 0 Å². The molecule has 0 saturated heterocycles. The van der Waals surface area contributed by atoms with Crippen molar-refractivity contribution in [1.29, 1.82) is 0 Å². The Morgan fingerprint density at radius 2 is 2.26 bits per heavy atom. The summed E-state index contributed by atoms with van der Waals surface area (Å²) in [5.41, 5.74) is 2.20. The number of unbranched alkanes of at least 4 members (excludes halogenated alkanes) is 1. The minimum Gasteiger partial charge on any atom is -0.338 e. The molecule has 1 atom stereocenters. The van der Waals surface area contributed by atoms with E-state index in [-0.39, 0.29) is 6.03 Å². The van der Waals surface area contributed by atoms with Gasteiger partial charge in [-0.25, -0.2) is 4.79 Å². The van der Waals surface area contributed by atoms with Crippen molar-refractivity contribution in [3.05, 3.63) is 29.8 Å². The lowest BCUT2D eigenvalue weighted by Gasteiger charge is -2.24. The van der Waals surface area contributed by atoms with Gasteiger partial charge in [-0.3, -0.25) is 4.90 Å².